The maximum atomic E-state index is 5.86. The van der Waals surface area contributed by atoms with Gasteiger partial charge in [0.15, 0.2) is 0 Å². The third kappa shape index (κ3) is 2.16. The molecule has 0 aliphatic rings. The van der Waals surface area contributed by atoms with Crippen LogP contribution in [0.25, 0.3) is 11.1 Å². The molecule has 0 aliphatic heterocycles. The Bertz CT molecular complexity index is 451. The monoisotopic (exact) mass is 215 g/mol. The summed E-state index contributed by atoms with van der Waals surface area (Å²) >= 11 is 1.68. The van der Waals surface area contributed by atoms with Crippen LogP contribution >= 0.6 is 11.8 Å². The number of thioether (sulfide) groups is 1. The second-order valence-electron chi connectivity index (χ2n) is 3.32. The largest absolute Gasteiger partial charge is 0.398 e. The second-order valence-corrected chi connectivity index (χ2v) is 4.17. The van der Waals surface area contributed by atoms with Crippen LogP contribution in [-0.2, 0) is 0 Å². The van der Waals surface area contributed by atoms with Gasteiger partial charge in [0.2, 0.25) is 0 Å². The molecule has 2 rings (SSSR count). The van der Waals surface area contributed by atoms with E-state index < -0.39 is 0 Å². The lowest BCUT2D eigenvalue weighted by Crippen LogP contribution is -1.88. The van der Waals surface area contributed by atoms with Gasteiger partial charge in [-0.15, -0.1) is 11.8 Å². The molecular formula is C13H13NS. The summed E-state index contributed by atoms with van der Waals surface area (Å²) in [5.74, 6) is 0. The van der Waals surface area contributed by atoms with E-state index in [9.17, 15) is 0 Å². The predicted molar refractivity (Wildman–Crippen MR) is 68.1 cm³/mol. The first-order valence-electron chi connectivity index (χ1n) is 4.80. The summed E-state index contributed by atoms with van der Waals surface area (Å²) in [6.07, 6.45) is 2.04. The topological polar surface area (TPSA) is 26.0 Å². The molecule has 0 amide bonds. The van der Waals surface area contributed by atoms with E-state index in [0.29, 0.717) is 0 Å². The number of hydrogen-bond donors (Lipinski definition) is 1. The van der Waals surface area contributed by atoms with Crippen LogP contribution in [0.1, 0.15) is 0 Å². The number of rotatable bonds is 2. The van der Waals surface area contributed by atoms with Gasteiger partial charge in [-0.2, -0.15) is 0 Å². The van der Waals surface area contributed by atoms with E-state index in [1.165, 1.54) is 11.1 Å². The third-order valence-corrected chi connectivity index (χ3v) is 3.13. The lowest BCUT2D eigenvalue weighted by molar-refractivity contribution is 1.46. The Hall–Kier alpha value is -1.41. The average molecular weight is 215 g/mol. The first-order valence-corrected chi connectivity index (χ1v) is 6.02. The summed E-state index contributed by atoms with van der Waals surface area (Å²) in [4.78, 5) is 1.14. The highest BCUT2D eigenvalue weighted by atomic mass is 32.2. The standard InChI is InChI=1S/C13H13NS/c1-15-13-9-11(7-8-12(13)14)10-5-3-2-4-6-10/h2-9H,14H2,1H3. The maximum Gasteiger partial charge on any atom is 0.0452 e. The highest BCUT2D eigenvalue weighted by molar-refractivity contribution is 7.98. The first kappa shape index (κ1) is 10.1. The summed E-state index contributed by atoms with van der Waals surface area (Å²) in [7, 11) is 0. The van der Waals surface area contributed by atoms with E-state index in [1.807, 2.05) is 30.5 Å². The Kier molecular flexibility index (Phi) is 2.97. The summed E-state index contributed by atoms with van der Waals surface area (Å²) < 4.78 is 0. The van der Waals surface area contributed by atoms with Crippen LogP contribution in [0.3, 0.4) is 0 Å². The number of nitrogens with two attached hydrogens (primary N) is 1. The molecule has 0 bridgehead atoms. The van der Waals surface area contributed by atoms with E-state index in [0.717, 1.165) is 10.6 Å². The minimum Gasteiger partial charge on any atom is -0.398 e. The Morgan fingerprint density at radius 3 is 2.33 bits per heavy atom. The van der Waals surface area contributed by atoms with Crippen molar-refractivity contribution in [3.05, 3.63) is 48.5 Å². The summed E-state index contributed by atoms with van der Waals surface area (Å²) in [6, 6.07) is 16.5. The minimum atomic E-state index is 0.849. The fourth-order valence-corrected chi connectivity index (χ4v) is 2.07. The zero-order chi connectivity index (χ0) is 10.7. The molecule has 0 fully saturated rings. The molecule has 76 valence electrons. The van der Waals surface area contributed by atoms with Gasteiger partial charge in [0.1, 0.15) is 0 Å². The first-order chi connectivity index (χ1) is 7.31. The molecule has 0 atom stereocenters. The second kappa shape index (κ2) is 4.41. The minimum absolute atomic E-state index is 0.849. The highest BCUT2D eigenvalue weighted by Gasteiger charge is 2.01. The van der Waals surface area contributed by atoms with Gasteiger partial charge in [0.25, 0.3) is 0 Å². The lowest BCUT2D eigenvalue weighted by atomic mass is 10.1. The van der Waals surface area contributed by atoms with Crippen molar-refractivity contribution in [3.63, 3.8) is 0 Å². The van der Waals surface area contributed by atoms with Crippen LogP contribution in [-0.4, -0.2) is 6.26 Å². The van der Waals surface area contributed by atoms with Crippen molar-refractivity contribution in [1.29, 1.82) is 0 Å². The summed E-state index contributed by atoms with van der Waals surface area (Å²) in [6.45, 7) is 0. The van der Waals surface area contributed by atoms with Gasteiger partial charge in [-0.25, -0.2) is 0 Å². The van der Waals surface area contributed by atoms with Gasteiger partial charge in [0.05, 0.1) is 0 Å². The number of hydrogen-bond acceptors (Lipinski definition) is 2. The number of nitrogen functional groups attached to an aromatic ring is 1. The Labute approximate surface area is 94.3 Å². The fourth-order valence-electron chi connectivity index (χ4n) is 1.52. The predicted octanol–water partition coefficient (Wildman–Crippen LogP) is 3.66. The maximum absolute atomic E-state index is 5.86. The van der Waals surface area contributed by atoms with E-state index in [-0.39, 0.29) is 0 Å². The molecule has 0 radical (unpaired) electrons. The number of anilines is 1. The smallest absolute Gasteiger partial charge is 0.0452 e. The molecule has 1 nitrogen and oxygen atoms in total. The van der Waals surface area contributed by atoms with Crippen LogP contribution < -0.4 is 5.73 Å². The Morgan fingerprint density at radius 2 is 1.67 bits per heavy atom. The molecule has 15 heavy (non-hydrogen) atoms. The molecular weight excluding hydrogens is 202 g/mol. The summed E-state index contributed by atoms with van der Waals surface area (Å²) in [5, 5.41) is 0. The van der Waals surface area contributed by atoms with Gasteiger partial charge in [-0.1, -0.05) is 36.4 Å². The van der Waals surface area contributed by atoms with Gasteiger partial charge in [-0.05, 0) is 29.5 Å². The van der Waals surface area contributed by atoms with Crippen molar-refractivity contribution >= 4 is 17.4 Å². The highest BCUT2D eigenvalue weighted by Crippen LogP contribution is 2.28. The Morgan fingerprint density at radius 1 is 0.933 bits per heavy atom. The lowest BCUT2D eigenvalue weighted by Gasteiger charge is -2.06. The van der Waals surface area contributed by atoms with Crippen LogP contribution in [0, 0.1) is 0 Å². The van der Waals surface area contributed by atoms with Crippen molar-refractivity contribution in [3.8, 4) is 11.1 Å². The summed E-state index contributed by atoms with van der Waals surface area (Å²) in [5.41, 5.74) is 9.15. The van der Waals surface area contributed by atoms with Crippen molar-refractivity contribution in [2.45, 2.75) is 4.90 Å². The fraction of sp³-hybridized carbons (Fsp3) is 0.0769. The van der Waals surface area contributed by atoms with Gasteiger partial charge in [0, 0.05) is 10.6 Å². The molecule has 0 heterocycles. The molecule has 2 heteroatoms. The van der Waals surface area contributed by atoms with Crippen LogP contribution in [0.4, 0.5) is 5.69 Å². The van der Waals surface area contributed by atoms with Crippen molar-refractivity contribution < 1.29 is 0 Å². The third-order valence-electron chi connectivity index (χ3n) is 2.34. The van der Waals surface area contributed by atoms with E-state index in [2.05, 4.69) is 24.3 Å². The molecule has 2 aromatic carbocycles. The van der Waals surface area contributed by atoms with E-state index in [4.69, 9.17) is 5.73 Å². The van der Waals surface area contributed by atoms with Gasteiger partial charge < -0.3 is 5.73 Å². The molecule has 2 aromatic rings. The quantitative estimate of drug-likeness (QED) is 0.611. The van der Waals surface area contributed by atoms with Crippen molar-refractivity contribution in [2.24, 2.45) is 0 Å². The van der Waals surface area contributed by atoms with E-state index >= 15 is 0 Å². The van der Waals surface area contributed by atoms with Gasteiger partial charge >= 0.3 is 0 Å². The SMILES string of the molecule is CSc1cc(-c2ccccc2)ccc1N. The molecule has 0 aliphatic carbocycles. The van der Waals surface area contributed by atoms with Crippen LogP contribution in [0.2, 0.25) is 0 Å². The van der Waals surface area contributed by atoms with Crippen molar-refractivity contribution in [1.82, 2.24) is 0 Å². The average Bonchev–Trinajstić information content (AvgIpc) is 2.31. The zero-order valence-corrected chi connectivity index (χ0v) is 9.42. The Balaban J connectivity index is 2.46. The molecule has 0 spiro atoms. The van der Waals surface area contributed by atoms with Crippen molar-refractivity contribution in [2.75, 3.05) is 12.0 Å². The normalized spacial score (nSPS) is 10.2. The van der Waals surface area contributed by atoms with Crippen LogP contribution in [0.15, 0.2) is 53.4 Å². The zero-order valence-electron chi connectivity index (χ0n) is 8.60. The van der Waals surface area contributed by atoms with Crippen LogP contribution in [0.5, 0.6) is 0 Å². The van der Waals surface area contributed by atoms with E-state index in [1.54, 1.807) is 11.8 Å². The molecule has 0 saturated carbocycles. The molecule has 0 saturated heterocycles. The molecule has 2 N–H and O–H groups in total. The van der Waals surface area contributed by atoms with Gasteiger partial charge in [-0.3, -0.25) is 0 Å². The number of benzene rings is 2. The molecule has 0 aromatic heterocycles. The molecule has 0 unspecified atom stereocenters.